The van der Waals surface area contributed by atoms with Gasteiger partial charge in [0.2, 0.25) is 0 Å². The molecule has 1 aliphatic heterocycles. The molecule has 1 nitrogen and oxygen atoms in total. The number of alkyl halides is 2. The first kappa shape index (κ1) is 11.5. The molecule has 84 valence electrons. The van der Waals surface area contributed by atoms with Crippen molar-refractivity contribution >= 4 is 17.0 Å². The summed E-state index contributed by atoms with van der Waals surface area (Å²) in [5.74, 6) is 0. The topological polar surface area (TPSA) is 12.0 Å². The summed E-state index contributed by atoms with van der Waals surface area (Å²) in [5.41, 5.74) is 3.85. The molecule has 0 bridgehead atoms. The van der Waals surface area contributed by atoms with Gasteiger partial charge in [-0.25, -0.2) is 0 Å². The van der Waals surface area contributed by atoms with E-state index in [0.29, 0.717) is 21.2 Å². The maximum atomic E-state index is 4.09. The van der Waals surface area contributed by atoms with Crippen LogP contribution < -0.4 is 26.5 Å². The van der Waals surface area contributed by atoms with Crippen molar-refractivity contribution in [3.05, 3.63) is 28.0 Å². The van der Waals surface area contributed by atoms with Gasteiger partial charge in [-0.3, -0.25) is 0 Å². The third-order valence-corrected chi connectivity index (χ3v) is 7.49. The molecule has 1 N–H and O–H groups in total. The molecule has 1 fully saturated rings. The summed E-state index contributed by atoms with van der Waals surface area (Å²) < 4.78 is 2.58. The zero-order valence-corrected chi connectivity index (χ0v) is 12.2. The van der Waals surface area contributed by atoms with Crippen LogP contribution in [0.5, 0.6) is 0 Å². The van der Waals surface area contributed by atoms with Crippen molar-refractivity contribution < 1.29 is 21.2 Å². The predicted molar refractivity (Wildman–Crippen MR) is 64.1 cm³/mol. The van der Waals surface area contributed by atoms with E-state index in [1.54, 1.807) is 4.88 Å². The van der Waals surface area contributed by atoms with E-state index in [1.165, 1.54) is 28.4 Å². The third-order valence-electron chi connectivity index (χ3n) is 2.81. The Balaban J connectivity index is 2.18. The zero-order valence-electron chi connectivity index (χ0n) is 9.27. The average molecular weight is 334 g/mol. The van der Waals surface area contributed by atoms with Crippen LogP contribution in [-0.2, 0) is 6.42 Å². The Hall–Kier alpha value is -0.0300. The minimum absolute atomic E-state index is 0.528. The van der Waals surface area contributed by atoms with Gasteiger partial charge in [-0.05, 0) is 0 Å². The Morgan fingerprint density at radius 2 is 2.47 bits per heavy atom. The van der Waals surface area contributed by atoms with Crippen molar-refractivity contribution in [1.29, 1.82) is 0 Å². The van der Waals surface area contributed by atoms with E-state index in [-0.39, 0.29) is 0 Å². The van der Waals surface area contributed by atoms with Crippen LogP contribution in [0.1, 0.15) is 22.4 Å². The van der Waals surface area contributed by atoms with Crippen LogP contribution >= 0.6 is 11.3 Å². The van der Waals surface area contributed by atoms with Crippen molar-refractivity contribution in [2.45, 2.75) is 23.7 Å². The summed E-state index contributed by atoms with van der Waals surface area (Å²) >= 11 is 2.44. The summed E-state index contributed by atoms with van der Waals surface area (Å²) in [4.78, 5) is 1.55. The van der Waals surface area contributed by atoms with Crippen LogP contribution in [0.3, 0.4) is 0 Å². The minimum atomic E-state index is 0.528. The molecule has 1 aromatic heterocycles. The van der Waals surface area contributed by atoms with Gasteiger partial charge in [0.25, 0.3) is 0 Å². The molecule has 0 aliphatic carbocycles. The van der Waals surface area contributed by atoms with E-state index >= 15 is 0 Å². The van der Waals surface area contributed by atoms with Gasteiger partial charge in [-0.15, -0.1) is 0 Å². The molecule has 3 heteroatoms. The molecular formula is C12H17INS-. The fraction of sp³-hybridized carbons (Fsp3) is 0.500. The van der Waals surface area contributed by atoms with E-state index in [9.17, 15) is 0 Å². The van der Waals surface area contributed by atoms with Gasteiger partial charge >= 0.3 is 107 Å². The molecule has 2 heterocycles. The molecule has 1 aromatic rings. The molecule has 1 aliphatic rings. The van der Waals surface area contributed by atoms with E-state index in [4.69, 9.17) is 0 Å². The summed E-state index contributed by atoms with van der Waals surface area (Å²) in [6.45, 7) is 6.28. The SMILES string of the molecule is C=C(NC)c1c(C)csc1CC1CC[I-]1. The second kappa shape index (κ2) is 4.87. The second-order valence-corrected chi connectivity index (χ2v) is 8.56. The van der Waals surface area contributed by atoms with Gasteiger partial charge in [0.15, 0.2) is 0 Å². The van der Waals surface area contributed by atoms with Gasteiger partial charge in [0, 0.05) is 0 Å². The number of thiophene rings is 1. The summed E-state index contributed by atoms with van der Waals surface area (Å²) in [5, 5.41) is 5.45. The number of halogens is 1. The second-order valence-electron chi connectivity index (χ2n) is 3.88. The van der Waals surface area contributed by atoms with Gasteiger partial charge in [0.05, 0.1) is 0 Å². The molecule has 1 atom stereocenters. The fourth-order valence-corrected chi connectivity index (χ4v) is 5.49. The van der Waals surface area contributed by atoms with Crippen molar-refractivity contribution in [1.82, 2.24) is 5.32 Å². The van der Waals surface area contributed by atoms with Gasteiger partial charge in [0.1, 0.15) is 0 Å². The van der Waals surface area contributed by atoms with Crippen LogP contribution in [0.4, 0.5) is 0 Å². The van der Waals surface area contributed by atoms with E-state index in [2.05, 4.69) is 24.2 Å². The van der Waals surface area contributed by atoms with Crippen LogP contribution in [-0.4, -0.2) is 15.4 Å². The number of hydrogen-bond acceptors (Lipinski definition) is 2. The van der Waals surface area contributed by atoms with Crippen molar-refractivity contribution in [3.8, 4) is 0 Å². The zero-order chi connectivity index (χ0) is 10.8. The van der Waals surface area contributed by atoms with Crippen molar-refractivity contribution in [2.24, 2.45) is 0 Å². The monoisotopic (exact) mass is 334 g/mol. The molecule has 0 spiro atoms. The van der Waals surface area contributed by atoms with Crippen molar-refractivity contribution in [3.63, 3.8) is 0 Å². The Kier molecular flexibility index (Phi) is 3.72. The van der Waals surface area contributed by atoms with Crippen LogP contribution in [0.15, 0.2) is 12.0 Å². The summed E-state index contributed by atoms with van der Waals surface area (Å²) in [6, 6.07) is 0. The Morgan fingerprint density at radius 1 is 1.73 bits per heavy atom. The average Bonchev–Trinajstić information content (AvgIpc) is 2.52. The van der Waals surface area contributed by atoms with Gasteiger partial charge in [-0.2, -0.15) is 0 Å². The Labute approximate surface area is 106 Å². The molecule has 0 amide bonds. The van der Waals surface area contributed by atoms with Crippen LogP contribution in [0.25, 0.3) is 5.70 Å². The fourth-order valence-electron chi connectivity index (χ4n) is 1.80. The van der Waals surface area contributed by atoms with Gasteiger partial charge < -0.3 is 0 Å². The molecule has 0 saturated carbocycles. The summed E-state index contributed by atoms with van der Waals surface area (Å²) in [7, 11) is 1.96. The molecule has 2 rings (SSSR count). The molecule has 1 unspecified atom stereocenters. The van der Waals surface area contributed by atoms with Crippen LogP contribution in [0, 0.1) is 6.92 Å². The predicted octanol–water partition coefficient (Wildman–Crippen LogP) is -0.350. The first-order chi connectivity index (χ1) is 7.22. The number of hydrogen-bond donors (Lipinski definition) is 1. The number of rotatable bonds is 4. The number of nitrogens with one attached hydrogen (secondary N) is 1. The first-order valence-electron chi connectivity index (χ1n) is 5.24. The quantitative estimate of drug-likeness (QED) is 0.586. The first-order valence-corrected chi connectivity index (χ1v) is 8.89. The van der Waals surface area contributed by atoms with Crippen LogP contribution in [0.2, 0.25) is 0 Å². The normalized spacial score (nSPS) is 20.3. The van der Waals surface area contributed by atoms with E-state index in [1.807, 2.05) is 18.4 Å². The van der Waals surface area contributed by atoms with E-state index in [0.717, 1.165) is 9.62 Å². The molecule has 0 radical (unpaired) electrons. The Bertz CT molecular complexity index is 366. The Morgan fingerprint density at radius 3 is 3.00 bits per heavy atom. The number of aryl methyl sites for hydroxylation is 1. The maximum absolute atomic E-state index is 4.09. The molecule has 15 heavy (non-hydrogen) atoms. The summed E-state index contributed by atoms with van der Waals surface area (Å²) in [6.07, 6.45) is 2.78. The molecule has 1 saturated heterocycles. The van der Waals surface area contributed by atoms with Gasteiger partial charge in [-0.1, -0.05) is 0 Å². The van der Waals surface area contributed by atoms with E-state index < -0.39 is 0 Å². The molecule has 0 aromatic carbocycles. The molecular weight excluding hydrogens is 317 g/mol. The third kappa shape index (κ3) is 2.38. The van der Waals surface area contributed by atoms with Crippen molar-refractivity contribution in [2.75, 3.05) is 11.5 Å². The standard InChI is InChI=1S/C12H17INS/c1-8-7-15-11(6-10-4-5-13-10)12(8)9(2)14-3/h7,10,14H,2,4-6H2,1,3H3/q-1.